The summed E-state index contributed by atoms with van der Waals surface area (Å²) in [4.78, 5) is 3.06. The van der Waals surface area contributed by atoms with E-state index in [1.54, 1.807) is 0 Å². The number of rotatable bonds is 0. The summed E-state index contributed by atoms with van der Waals surface area (Å²) in [5.41, 5.74) is 1.28. The van der Waals surface area contributed by atoms with E-state index in [1.165, 1.54) is 9.62 Å². The Morgan fingerprint density at radius 1 is 0.889 bits per heavy atom. The Bertz CT molecular complexity index is 99.7. The van der Waals surface area contributed by atoms with Gasteiger partial charge in [0.1, 0.15) is 0 Å². The second-order valence-corrected chi connectivity index (χ2v) is 6.89. The van der Waals surface area contributed by atoms with E-state index >= 15 is 0 Å². The average Bonchev–Trinajstić information content (AvgIpc) is 1.81. The second kappa shape index (κ2) is 2.09. The fourth-order valence-electron chi connectivity index (χ4n) is 0.737. The fraction of sp³-hybridized carbons (Fsp3) is 1.00. The van der Waals surface area contributed by atoms with Crippen LogP contribution in [-0.4, -0.2) is 0 Å². The first-order valence-electron chi connectivity index (χ1n) is 3.40. The van der Waals surface area contributed by atoms with E-state index in [-0.39, 0.29) is 0 Å². The first-order chi connectivity index (χ1) is 3.96. The maximum atomic E-state index is 2.42. The van der Waals surface area contributed by atoms with Crippen LogP contribution in [0.25, 0.3) is 0 Å². The van der Waals surface area contributed by atoms with E-state index in [1.807, 2.05) is 0 Å². The molecule has 0 aliphatic carbocycles. The van der Waals surface area contributed by atoms with Gasteiger partial charge in [0, 0.05) is 0 Å². The van der Waals surface area contributed by atoms with E-state index in [2.05, 4.69) is 27.7 Å². The minimum absolute atomic E-state index is 0.554. The molecule has 1 saturated heterocycles. The minimum atomic E-state index is 0.554. The summed E-state index contributed by atoms with van der Waals surface area (Å²) < 4.78 is 0. The van der Waals surface area contributed by atoms with Crippen molar-refractivity contribution in [1.82, 2.24) is 0 Å². The van der Waals surface area contributed by atoms with E-state index in [9.17, 15) is 0 Å². The van der Waals surface area contributed by atoms with Gasteiger partial charge in [0.2, 0.25) is 0 Å². The summed E-state index contributed by atoms with van der Waals surface area (Å²) >= 11 is 0.554. The molecule has 0 saturated carbocycles. The Labute approximate surface area is 67.0 Å². The fourth-order valence-corrected chi connectivity index (χ4v) is 6.04. The van der Waals surface area contributed by atoms with Gasteiger partial charge in [-0.1, -0.05) is 0 Å². The van der Waals surface area contributed by atoms with Gasteiger partial charge < -0.3 is 0 Å². The Kier molecular flexibility index (Phi) is 1.81. The Hall–Kier alpha value is 0.688. The summed E-state index contributed by atoms with van der Waals surface area (Å²) in [6.07, 6.45) is 0. The van der Waals surface area contributed by atoms with E-state index in [0.717, 1.165) is 0 Å². The molecule has 0 aromatic carbocycles. The van der Waals surface area contributed by atoms with Crippen molar-refractivity contribution in [2.24, 2.45) is 10.8 Å². The molecule has 9 heavy (non-hydrogen) atoms. The quantitative estimate of drug-likeness (QED) is 0.645. The molecule has 1 rings (SSSR count). The number of hydrogen-bond acceptors (Lipinski definition) is 0. The summed E-state index contributed by atoms with van der Waals surface area (Å²) in [6.45, 7) is 9.67. The van der Waals surface area contributed by atoms with Crippen molar-refractivity contribution in [3.8, 4) is 0 Å². The Morgan fingerprint density at radius 2 is 1.22 bits per heavy atom. The summed E-state index contributed by atoms with van der Waals surface area (Å²) in [6, 6.07) is 0. The van der Waals surface area contributed by atoms with Crippen molar-refractivity contribution in [1.29, 1.82) is 0 Å². The molecule has 0 amide bonds. The molecule has 0 aromatic rings. The first-order valence-corrected chi connectivity index (χ1v) is 6.62. The van der Waals surface area contributed by atoms with Crippen LogP contribution in [-0.2, 0) is 18.6 Å². The van der Waals surface area contributed by atoms with Crippen LogP contribution < -0.4 is 0 Å². The summed E-state index contributed by atoms with van der Waals surface area (Å²) in [5.74, 6) is 0. The zero-order chi connectivity index (χ0) is 7.12. The topological polar surface area (TPSA) is 0 Å². The van der Waals surface area contributed by atoms with Crippen molar-refractivity contribution in [3.63, 3.8) is 0 Å². The molecule has 0 spiro atoms. The molecule has 0 N–H and O–H groups in total. The molecule has 0 radical (unpaired) electrons. The van der Waals surface area contributed by atoms with Crippen molar-refractivity contribution in [2.45, 2.75) is 37.3 Å². The van der Waals surface area contributed by atoms with Gasteiger partial charge in [-0.05, 0) is 0 Å². The van der Waals surface area contributed by atoms with Gasteiger partial charge in [-0.15, -0.1) is 0 Å². The maximum absolute atomic E-state index is 2.42. The molecular weight excluding hydrogens is 291 g/mol. The van der Waals surface area contributed by atoms with Crippen LogP contribution in [0.2, 0.25) is 9.62 Å². The van der Waals surface area contributed by atoms with Crippen LogP contribution in [0.15, 0.2) is 0 Å². The van der Waals surface area contributed by atoms with Crippen LogP contribution in [0.1, 0.15) is 27.7 Å². The zero-order valence-corrected chi connectivity index (χ0v) is 9.00. The van der Waals surface area contributed by atoms with Crippen LogP contribution in [0, 0.1) is 10.8 Å². The third-order valence-electron chi connectivity index (χ3n) is 2.55. The summed E-state index contributed by atoms with van der Waals surface area (Å²) in [5, 5.41) is 0. The van der Waals surface area contributed by atoms with Crippen LogP contribution >= 0.6 is 0 Å². The van der Waals surface area contributed by atoms with Gasteiger partial charge >= 0.3 is 66.7 Å². The van der Waals surface area contributed by atoms with Crippen molar-refractivity contribution < 1.29 is 18.6 Å². The standard InChI is InChI=1S/C8H16.Pt/c1-7(2,3)8(4,5)6;/h1,4H2,2-3,5-6H3;. The van der Waals surface area contributed by atoms with Gasteiger partial charge in [0.15, 0.2) is 0 Å². The Balaban J connectivity index is 2.75. The summed E-state index contributed by atoms with van der Waals surface area (Å²) in [7, 11) is 0. The molecule has 1 aliphatic heterocycles. The SMILES string of the molecule is CC1(C)[CH2][Pt][CH2]C1(C)C. The predicted molar refractivity (Wildman–Crippen MR) is 37.2 cm³/mol. The van der Waals surface area contributed by atoms with Crippen LogP contribution in [0.5, 0.6) is 0 Å². The molecular formula is C8H16Pt. The van der Waals surface area contributed by atoms with Gasteiger partial charge in [-0.25, -0.2) is 0 Å². The average molecular weight is 307 g/mol. The first kappa shape index (κ1) is 7.79. The predicted octanol–water partition coefficient (Wildman–Crippen LogP) is 2.97. The second-order valence-electron chi connectivity index (χ2n) is 4.15. The van der Waals surface area contributed by atoms with Crippen molar-refractivity contribution in [2.75, 3.05) is 0 Å². The molecule has 1 heteroatoms. The Morgan fingerprint density at radius 3 is 1.33 bits per heavy atom. The van der Waals surface area contributed by atoms with Gasteiger partial charge in [0.05, 0.1) is 0 Å². The monoisotopic (exact) mass is 307 g/mol. The zero-order valence-electron chi connectivity index (χ0n) is 6.73. The molecule has 1 heterocycles. The molecule has 1 aliphatic rings. The van der Waals surface area contributed by atoms with E-state index in [0.29, 0.717) is 29.4 Å². The van der Waals surface area contributed by atoms with Gasteiger partial charge in [0.25, 0.3) is 0 Å². The molecule has 0 nitrogen and oxygen atoms in total. The number of hydrogen-bond donors (Lipinski definition) is 0. The third-order valence-corrected chi connectivity index (χ3v) is 7.70. The normalized spacial score (nSPS) is 31.6. The molecule has 0 atom stereocenters. The van der Waals surface area contributed by atoms with Crippen molar-refractivity contribution in [3.05, 3.63) is 0 Å². The van der Waals surface area contributed by atoms with Gasteiger partial charge in [-0.2, -0.15) is 0 Å². The third kappa shape index (κ3) is 1.24. The van der Waals surface area contributed by atoms with Crippen LogP contribution in [0.3, 0.4) is 0 Å². The van der Waals surface area contributed by atoms with Crippen molar-refractivity contribution >= 4 is 0 Å². The molecule has 58 valence electrons. The molecule has 0 aromatic heterocycles. The molecule has 1 fully saturated rings. The van der Waals surface area contributed by atoms with E-state index in [4.69, 9.17) is 0 Å². The molecule has 0 unspecified atom stereocenters. The molecule has 0 bridgehead atoms. The van der Waals surface area contributed by atoms with E-state index < -0.39 is 0 Å². The van der Waals surface area contributed by atoms with Gasteiger partial charge in [-0.3, -0.25) is 0 Å². The van der Waals surface area contributed by atoms with Crippen LogP contribution in [0.4, 0.5) is 0 Å².